The molecule has 0 aliphatic carbocycles. The van der Waals surface area contributed by atoms with E-state index in [1.807, 2.05) is 0 Å². The lowest BCUT2D eigenvalue weighted by Crippen LogP contribution is -2.41. The molecule has 1 aromatic rings. The molecule has 0 unspecified atom stereocenters. The van der Waals surface area contributed by atoms with E-state index in [1.54, 1.807) is 29.2 Å². The molecule has 3 rings (SSSR count). The molecule has 0 bridgehead atoms. The number of anilines is 2. The number of hydrogen-bond donors (Lipinski definition) is 1. The number of carboxylic acid groups (broad SMARTS) is 1. The van der Waals surface area contributed by atoms with Crippen molar-refractivity contribution in [2.24, 2.45) is 0 Å². The summed E-state index contributed by atoms with van der Waals surface area (Å²) in [6.07, 6.45) is -1.85. The van der Waals surface area contributed by atoms with Gasteiger partial charge in [-0.05, 0) is 24.3 Å². The highest BCUT2D eigenvalue weighted by Gasteiger charge is 2.37. The van der Waals surface area contributed by atoms with Gasteiger partial charge in [-0.3, -0.25) is 9.69 Å². The Kier molecular flexibility index (Phi) is 3.68. The average Bonchev–Trinajstić information content (AvgIpc) is 2.90. The molecule has 116 valence electrons. The van der Waals surface area contributed by atoms with E-state index in [0.29, 0.717) is 24.5 Å². The second kappa shape index (κ2) is 5.64. The lowest BCUT2D eigenvalue weighted by molar-refractivity contribution is -0.144. The Morgan fingerprint density at radius 3 is 2.32 bits per heavy atom. The Morgan fingerprint density at radius 1 is 1.14 bits per heavy atom. The molecule has 1 aromatic carbocycles. The highest BCUT2D eigenvalue weighted by atomic mass is 16.6. The molecule has 2 aliphatic rings. The van der Waals surface area contributed by atoms with E-state index in [9.17, 15) is 14.4 Å². The molecule has 0 saturated carbocycles. The molecule has 0 aromatic heterocycles. The summed E-state index contributed by atoms with van der Waals surface area (Å²) in [5.41, 5.74) is 1.23. The molecule has 2 saturated heterocycles. The van der Waals surface area contributed by atoms with Crippen molar-refractivity contribution in [3.63, 3.8) is 0 Å². The minimum absolute atomic E-state index is 0.0377. The minimum atomic E-state index is -1.17. The SMILES string of the molecule is O=C(O)[C@H]1CN(c2ccc(N3CCOCC3=O)cc2)C(=O)O1. The van der Waals surface area contributed by atoms with Crippen molar-refractivity contribution >= 4 is 29.3 Å². The van der Waals surface area contributed by atoms with Gasteiger partial charge < -0.3 is 19.5 Å². The molecule has 2 amide bonds. The van der Waals surface area contributed by atoms with E-state index in [4.69, 9.17) is 14.6 Å². The fraction of sp³-hybridized carbons (Fsp3) is 0.357. The van der Waals surface area contributed by atoms with Crippen LogP contribution < -0.4 is 9.80 Å². The first kappa shape index (κ1) is 14.3. The van der Waals surface area contributed by atoms with E-state index < -0.39 is 18.2 Å². The van der Waals surface area contributed by atoms with Gasteiger partial charge in [-0.1, -0.05) is 0 Å². The van der Waals surface area contributed by atoms with Gasteiger partial charge in [-0.2, -0.15) is 0 Å². The highest BCUT2D eigenvalue weighted by molar-refractivity contribution is 5.96. The second-order valence-corrected chi connectivity index (χ2v) is 4.94. The van der Waals surface area contributed by atoms with Gasteiger partial charge in [0.25, 0.3) is 5.91 Å². The second-order valence-electron chi connectivity index (χ2n) is 4.94. The van der Waals surface area contributed by atoms with Gasteiger partial charge in [0.05, 0.1) is 13.2 Å². The number of carbonyl (C=O) groups excluding carboxylic acids is 2. The molecule has 1 N–H and O–H groups in total. The van der Waals surface area contributed by atoms with E-state index in [2.05, 4.69) is 0 Å². The summed E-state index contributed by atoms with van der Waals surface area (Å²) in [4.78, 5) is 37.2. The van der Waals surface area contributed by atoms with Crippen LogP contribution in [0, 0.1) is 0 Å². The van der Waals surface area contributed by atoms with Crippen molar-refractivity contribution in [1.29, 1.82) is 0 Å². The Morgan fingerprint density at radius 2 is 1.77 bits per heavy atom. The van der Waals surface area contributed by atoms with Gasteiger partial charge in [0.15, 0.2) is 0 Å². The topological polar surface area (TPSA) is 96.4 Å². The first-order chi connectivity index (χ1) is 10.6. The fourth-order valence-electron chi connectivity index (χ4n) is 2.41. The molecular weight excluding hydrogens is 292 g/mol. The summed E-state index contributed by atoms with van der Waals surface area (Å²) >= 11 is 0. The molecular formula is C14H14N2O6. The number of carboxylic acids is 1. The maximum atomic E-state index is 11.8. The van der Waals surface area contributed by atoms with Crippen molar-refractivity contribution in [1.82, 2.24) is 0 Å². The highest BCUT2D eigenvalue weighted by Crippen LogP contribution is 2.25. The van der Waals surface area contributed by atoms with Crippen molar-refractivity contribution in [2.45, 2.75) is 6.10 Å². The zero-order valence-electron chi connectivity index (χ0n) is 11.6. The number of morpholine rings is 1. The molecule has 2 aliphatic heterocycles. The molecule has 1 atom stereocenters. The van der Waals surface area contributed by atoms with Crippen LogP contribution in [0.25, 0.3) is 0 Å². The molecule has 22 heavy (non-hydrogen) atoms. The third kappa shape index (κ3) is 2.60. The van der Waals surface area contributed by atoms with E-state index in [0.717, 1.165) is 0 Å². The van der Waals surface area contributed by atoms with Gasteiger partial charge >= 0.3 is 12.1 Å². The van der Waals surface area contributed by atoms with Crippen LogP contribution in [-0.2, 0) is 19.1 Å². The molecule has 8 nitrogen and oxygen atoms in total. The quantitative estimate of drug-likeness (QED) is 0.871. The van der Waals surface area contributed by atoms with Crippen LogP contribution in [0.1, 0.15) is 0 Å². The van der Waals surface area contributed by atoms with Gasteiger partial charge in [0.2, 0.25) is 6.10 Å². The smallest absolute Gasteiger partial charge is 0.415 e. The molecule has 0 spiro atoms. The summed E-state index contributed by atoms with van der Waals surface area (Å²) in [5.74, 6) is -1.29. The van der Waals surface area contributed by atoms with E-state index in [-0.39, 0.29) is 19.1 Å². The first-order valence-corrected chi connectivity index (χ1v) is 6.75. The van der Waals surface area contributed by atoms with Crippen LogP contribution in [-0.4, -0.2) is 55.5 Å². The Labute approximate surface area is 125 Å². The van der Waals surface area contributed by atoms with Crippen LogP contribution in [0.4, 0.5) is 16.2 Å². The minimum Gasteiger partial charge on any atom is -0.478 e. The molecule has 2 fully saturated rings. The van der Waals surface area contributed by atoms with Crippen LogP contribution in [0.15, 0.2) is 24.3 Å². The van der Waals surface area contributed by atoms with E-state index in [1.165, 1.54) is 4.90 Å². The van der Waals surface area contributed by atoms with E-state index >= 15 is 0 Å². The summed E-state index contributed by atoms with van der Waals surface area (Å²) in [5, 5.41) is 8.88. The number of carbonyl (C=O) groups is 3. The standard InChI is InChI=1S/C14H14N2O6/c17-12-8-21-6-5-15(12)9-1-3-10(4-2-9)16-7-11(13(18)19)22-14(16)20/h1-4,11H,5-8H2,(H,18,19)/t11-/m1/s1. The van der Waals surface area contributed by atoms with Crippen LogP contribution >= 0.6 is 0 Å². The average molecular weight is 306 g/mol. The van der Waals surface area contributed by atoms with Crippen molar-refractivity contribution < 1.29 is 29.0 Å². The number of aliphatic carboxylic acids is 1. The van der Waals surface area contributed by atoms with Crippen LogP contribution in [0.2, 0.25) is 0 Å². The van der Waals surface area contributed by atoms with Crippen molar-refractivity contribution in [3.8, 4) is 0 Å². The lowest BCUT2D eigenvalue weighted by atomic mass is 10.2. The Bertz CT molecular complexity index is 614. The molecule has 2 heterocycles. The number of nitrogens with zero attached hydrogens (tertiary/aromatic N) is 2. The lowest BCUT2D eigenvalue weighted by Gasteiger charge is -2.27. The molecule has 8 heteroatoms. The number of cyclic esters (lactones) is 1. The maximum absolute atomic E-state index is 11.8. The third-order valence-electron chi connectivity index (χ3n) is 3.55. The fourth-order valence-corrected chi connectivity index (χ4v) is 2.41. The zero-order valence-corrected chi connectivity index (χ0v) is 11.6. The number of ether oxygens (including phenoxy) is 2. The predicted molar refractivity (Wildman–Crippen MR) is 74.9 cm³/mol. The van der Waals surface area contributed by atoms with Gasteiger partial charge in [-0.15, -0.1) is 0 Å². The van der Waals surface area contributed by atoms with Crippen LogP contribution in [0.5, 0.6) is 0 Å². The predicted octanol–water partition coefficient (Wildman–Crippen LogP) is 0.460. The summed E-state index contributed by atoms with van der Waals surface area (Å²) in [6.45, 7) is 0.974. The third-order valence-corrected chi connectivity index (χ3v) is 3.55. The van der Waals surface area contributed by atoms with Gasteiger partial charge in [-0.25, -0.2) is 9.59 Å². The van der Waals surface area contributed by atoms with Crippen LogP contribution in [0.3, 0.4) is 0 Å². The Balaban J connectivity index is 1.75. The van der Waals surface area contributed by atoms with Crippen molar-refractivity contribution in [2.75, 3.05) is 36.1 Å². The van der Waals surface area contributed by atoms with Gasteiger partial charge in [0.1, 0.15) is 6.61 Å². The number of hydrogen-bond acceptors (Lipinski definition) is 5. The Hall–Kier alpha value is -2.61. The number of benzene rings is 1. The van der Waals surface area contributed by atoms with Gasteiger partial charge in [0, 0.05) is 17.9 Å². The monoisotopic (exact) mass is 306 g/mol. The largest absolute Gasteiger partial charge is 0.478 e. The maximum Gasteiger partial charge on any atom is 0.415 e. The molecule has 0 radical (unpaired) electrons. The summed E-state index contributed by atoms with van der Waals surface area (Å²) < 4.78 is 9.83. The number of rotatable bonds is 3. The first-order valence-electron chi connectivity index (χ1n) is 6.75. The van der Waals surface area contributed by atoms with Crippen molar-refractivity contribution in [3.05, 3.63) is 24.3 Å². The zero-order chi connectivity index (χ0) is 15.7. The number of amides is 2. The normalized spacial score (nSPS) is 21.9. The summed E-state index contributed by atoms with van der Waals surface area (Å²) in [7, 11) is 0. The summed E-state index contributed by atoms with van der Waals surface area (Å²) in [6, 6.07) is 6.73.